The van der Waals surface area contributed by atoms with Crippen LogP contribution >= 0.6 is 11.6 Å². The summed E-state index contributed by atoms with van der Waals surface area (Å²) in [6, 6.07) is 9.94. The lowest BCUT2D eigenvalue weighted by molar-refractivity contribution is 0.0577. The summed E-state index contributed by atoms with van der Waals surface area (Å²) in [5.74, 6) is -0.453. The SMILES string of the molecule is Cc1cccc(Cl)c1S(=O)(=O)Cc1cccc(C(=O)N2CCCC(C)(C)C2)n1. The molecule has 0 unspecified atom stereocenters. The summed E-state index contributed by atoms with van der Waals surface area (Å²) >= 11 is 6.13. The average molecular weight is 421 g/mol. The van der Waals surface area contributed by atoms with E-state index in [1.54, 1.807) is 43.3 Å². The summed E-state index contributed by atoms with van der Waals surface area (Å²) in [7, 11) is -3.68. The van der Waals surface area contributed by atoms with Gasteiger partial charge in [0.25, 0.3) is 5.91 Å². The van der Waals surface area contributed by atoms with Gasteiger partial charge in [0.1, 0.15) is 5.69 Å². The predicted molar refractivity (Wildman–Crippen MR) is 110 cm³/mol. The van der Waals surface area contributed by atoms with Gasteiger partial charge in [-0.15, -0.1) is 0 Å². The molecule has 1 saturated heterocycles. The van der Waals surface area contributed by atoms with Crippen LogP contribution in [-0.2, 0) is 15.6 Å². The molecule has 1 aliphatic rings. The van der Waals surface area contributed by atoms with Crippen LogP contribution in [0.5, 0.6) is 0 Å². The van der Waals surface area contributed by atoms with Crippen LogP contribution < -0.4 is 0 Å². The van der Waals surface area contributed by atoms with E-state index in [2.05, 4.69) is 18.8 Å². The number of pyridine rings is 1. The van der Waals surface area contributed by atoms with Crippen LogP contribution in [0.15, 0.2) is 41.3 Å². The van der Waals surface area contributed by atoms with E-state index in [-0.39, 0.29) is 32.7 Å². The highest BCUT2D eigenvalue weighted by Crippen LogP contribution is 2.30. The van der Waals surface area contributed by atoms with Crippen LogP contribution in [0, 0.1) is 12.3 Å². The quantitative estimate of drug-likeness (QED) is 0.740. The second-order valence-corrected chi connectivity index (χ2v) is 10.5. The summed E-state index contributed by atoms with van der Waals surface area (Å²) < 4.78 is 25.8. The third kappa shape index (κ3) is 4.55. The molecule has 0 aliphatic carbocycles. The number of amides is 1. The molecule has 7 heteroatoms. The van der Waals surface area contributed by atoms with Gasteiger partial charge in [0.15, 0.2) is 9.84 Å². The lowest BCUT2D eigenvalue weighted by Crippen LogP contribution is -2.43. The summed E-state index contributed by atoms with van der Waals surface area (Å²) in [5.41, 5.74) is 1.29. The first kappa shape index (κ1) is 20.8. The zero-order valence-electron chi connectivity index (χ0n) is 16.4. The molecule has 2 heterocycles. The Balaban J connectivity index is 1.85. The number of hydrogen-bond acceptors (Lipinski definition) is 4. The molecule has 1 aromatic carbocycles. The van der Waals surface area contributed by atoms with Gasteiger partial charge in [0.05, 0.1) is 21.4 Å². The summed E-state index contributed by atoms with van der Waals surface area (Å²) in [6.07, 6.45) is 2.04. The van der Waals surface area contributed by atoms with E-state index in [1.807, 2.05) is 4.90 Å². The lowest BCUT2D eigenvalue weighted by atomic mass is 9.84. The molecule has 0 N–H and O–H groups in total. The second kappa shape index (κ2) is 7.84. The minimum atomic E-state index is -3.68. The Morgan fingerprint density at radius 1 is 1.21 bits per heavy atom. The van der Waals surface area contributed by atoms with E-state index in [0.29, 0.717) is 24.3 Å². The van der Waals surface area contributed by atoms with Gasteiger partial charge >= 0.3 is 0 Å². The molecule has 0 radical (unpaired) electrons. The molecule has 1 amide bonds. The van der Waals surface area contributed by atoms with Gasteiger partial charge in [-0.3, -0.25) is 4.79 Å². The van der Waals surface area contributed by atoms with E-state index in [9.17, 15) is 13.2 Å². The highest BCUT2D eigenvalue weighted by Gasteiger charge is 2.30. The van der Waals surface area contributed by atoms with Gasteiger partial charge in [-0.05, 0) is 48.9 Å². The maximum Gasteiger partial charge on any atom is 0.272 e. The van der Waals surface area contributed by atoms with Crippen LogP contribution in [0.3, 0.4) is 0 Å². The van der Waals surface area contributed by atoms with Gasteiger partial charge in [-0.25, -0.2) is 13.4 Å². The number of carbonyl (C=O) groups is 1. The van der Waals surface area contributed by atoms with Gasteiger partial charge in [-0.2, -0.15) is 0 Å². The average Bonchev–Trinajstić information content (AvgIpc) is 2.59. The summed E-state index contributed by atoms with van der Waals surface area (Å²) in [6.45, 7) is 7.38. The number of sulfone groups is 1. The Labute approximate surface area is 171 Å². The predicted octanol–water partition coefficient (Wildman–Crippen LogP) is 4.28. The number of nitrogens with zero attached hydrogens (tertiary/aromatic N) is 2. The monoisotopic (exact) mass is 420 g/mol. The molecule has 28 heavy (non-hydrogen) atoms. The minimum absolute atomic E-state index is 0.0798. The van der Waals surface area contributed by atoms with Crippen molar-refractivity contribution < 1.29 is 13.2 Å². The number of aryl methyl sites for hydroxylation is 1. The Bertz CT molecular complexity index is 982. The van der Waals surface area contributed by atoms with Gasteiger partial charge in [0.2, 0.25) is 0 Å². The number of benzene rings is 1. The van der Waals surface area contributed by atoms with Crippen molar-refractivity contribution in [1.82, 2.24) is 9.88 Å². The molecule has 3 rings (SSSR count). The summed E-state index contributed by atoms with van der Waals surface area (Å²) in [4.78, 5) is 19.2. The molecule has 1 aromatic heterocycles. The van der Waals surface area contributed by atoms with Crippen molar-refractivity contribution >= 4 is 27.3 Å². The van der Waals surface area contributed by atoms with Gasteiger partial charge in [-0.1, -0.05) is 43.6 Å². The van der Waals surface area contributed by atoms with Crippen LogP contribution in [0.4, 0.5) is 0 Å². The second-order valence-electron chi connectivity index (χ2n) is 8.15. The third-order valence-electron chi connectivity index (χ3n) is 5.03. The standard InChI is InChI=1S/C21H25ClN2O3S/c1-15-7-4-9-17(22)19(15)28(26,27)13-16-8-5-10-18(23-16)20(25)24-12-6-11-21(2,3)14-24/h4-5,7-10H,6,11-14H2,1-3H3. The molecule has 0 bridgehead atoms. The number of likely N-dealkylation sites (tertiary alicyclic amines) is 1. The summed E-state index contributed by atoms with van der Waals surface area (Å²) in [5, 5.41) is 0.197. The van der Waals surface area contributed by atoms with E-state index >= 15 is 0 Å². The van der Waals surface area contributed by atoms with Crippen molar-refractivity contribution in [1.29, 1.82) is 0 Å². The number of carbonyl (C=O) groups excluding carboxylic acids is 1. The van der Waals surface area contributed by atoms with Gasteiger partial charge in [0, 0.05) is 13.1 Å². The Morgan fingerprint density at radius 2 is 1.93 bits per heavy atom. The Hall–Kier alpha value is -1.92. The maximum atomic E-state index is 12.9. The molecular weight excluding hydrogens is 396 g/mol. The van der Waals surface area contributed by atoms with E-state index in [1.165, 1.54) is 0 Å². The molecule has 1 aliphatic heterocycles. The van der Waals surface area contributed by atoms with Crippen molar-refractivity contribution in [3.63, 3.8) is 0 Å². The topological polar surface area (TPSA) is 67.3 Å². The van der Waals surface area contributed by atoms with Crippen LogP contribution in [0.2, 0.25) is 5.02 Å². The first-order valence-corrected chi connectivity index (χ1v) is 11.4. The van der Waals surface area contributed by atoms with E-state index < -0.39 is 9.84 Å². The number of aromatic nitrogens is 1. The van der Waals surface area contributed by atoms with Crippen LogP contribution in [-0.4, -0.2) is 37.3 Å². The zero-order valence-corrected chi connectivity index (χ0v) is 18.0. The first-order chi connectivity index (χ1) is 13.1. The fraction of sp³-hybridized carbons (Fsp3) is 0.429. The number of halogens is 1. The molecule has 0 saturated carbocycles. The zero-order chi connectivity index (χ0) is 20.5. The molecule has 1 fully saturated rings. The Kier molecular flexibility index (Phi) is 5.82. The highest BCUT2D eigenvalue weighted by atomic mass is 35.5. The molecule has 2 aromatic rings. The third-order valence-corrected chi connectivity index (χ3v) is 7.29. The number of rotatable bonds is 4. The normalized spacial score (nSPS) is 16.8. The number of hydrogen-bond donors (Lipinski definition) is 0. The maximum absolute atomic E-state index is 12.9. The smallest absolute Gasteiger partial charge is 0.272 e. The fourth-order valence-corrected chi connectivity index (χ4v) is 5.91. The highest BCUT2D eigenvalue weighted by molar-refractivity contribution is 7.90. The fourth-order valence-electron chi connectivity index (χ4n) is 3.72. The first-order valence-electron chi connectivity index (χ1n) is 9.32. The number of piperidine rings is 1. The van der Waals surface area contributed by atoms with Crippen molar-refractivity contribution in [2.24, 2.45) is 5.41 Å². The van der Waals surface area contributed by atoms with Crippen molar-refractivity contribution in [3.8, 4) is 0 Å². The van der Waals surface area contributed by atoms with Crippen LogP contribution in [0.1, 0.15) is 48.4 Å². The largest absolute Gasteiger partial charge is 0.337 e. The van der Waals surface area contributed by atoms with Crippen molar-refractivity contribution in [2.45, 2.75) is 44.3 Å². The van der Waals surface area contributed by atoms with Crippen molar-refractivity contribution in [3.05, 3.63) is 58.4 Å². The minimum Gasteiger partial charge on any atom is -0.337 e. The lowest BCUT2D eigenvalue weighted by Gasteiger charge is -2.37. The van der Waals surface area contributed by atoms with E-state index in [0.717, 1.165) is 12.8 Å². The molecular formula is C21H25ClN2O3S. The van der Waals surface area contributed by atoms with Crippen molar-refractivity contribution in [2.75, 3.05) is 13.1 Å². The molecule has 0 atom stereocenters. The van der Waals surface area contributed by atoms with Gasteiger partial charge < -0.3 is 4.90 Å². The molecule has 150 valence electrons. The Morgan fingerprint density at radius 3 is 2.61 bits per heavy atom. The van der Waals surface area contributed by atoms with Crippen LogP contribution in [0.25, 0.3) is 0 Å². The molecule has 0 spiro atoms. The van der Waals surface area contributed by atoms with E-state index in [4.69, 9.17) is 11.6 Å². The molecule has 5 nitrogen and oxygen atoms in total.